The maximum Gasteiger partial charge on any atom is 0.242 e. The highest BCUT2D eigenvalue weighted by Crippen LogP contribution is 2.18. The van der Waals surface area contributed by atoms with Gasteiger partial charge in [-0.3, -0.25) is 9.59 Å². The molecular formula is C18H23N3O3S. The Balaban J connectivity index is 1.93. The van der Waals surface area contributed by atoms with E-state index in [1.54, 1.807) is 24.8 Å². The third-order valence-corrected chi connectivity index (χ3v) is 4.29. The van der Waals surface area contributed by atoms with Gasteiger partial charge >= 0.3 is 0 Å². The monoisotopic (exact) mass is 361 g/mol. The Morgan fingerprint density at radius 1 is 1.28 bits per heavy atom. The van der Waals surface area contributed by atoms with E-state index >= 15 is 0 Å². The molecule has 7 heteroatoms. The van der Waals surface area contributed by atoms with Crippen LogP contribution in [0.2, 0.25) is 0 Å². The lowest BCUT2D eigenvalue weighted by atomic mass is 10.1. The van der Waals surface area contributed by atoms with Crippen molar-refractivity contribution in [3.8, 4) is 11.3 Å². The summed E-state index contributed by atoms with van der Waals surface area (Å²) in [6.07, 6.45) is 2.91. The van der Waals surface area contributed by atoms with Crippen LogP contribution in [0.5, 0.6) is 0 Å². The lowest BCUT2D eigenvalue weighted by Gasteiger charge is -2.17. The molecule has 2 aromatic rings. The molecule has 0 aliphatic rings. The summed E-state index contributed by atoms with van der Waals surface area (Å²) in [6.45, 7) is 1.99. The van der Waals surface area contributed by atoms with Gasteiger partial charge in [0.1, 0.15) is 11.7 Å². The molecule has 0 saturated carbocycles. The Bertz CT molecular complexity index is 688. The van der Waals surface area contributed by atoms with Crippen molar-refractivity contribution in [2.45, 2.75) is 32.4 Å². The van der Waals surface area contributed by atoms with Crippen molar-refractivity contribution in [2.75, 3.05) is 12.0 Å². The molecule has 0 radical (unpaired) electrons. The number of hydrogen-bond acceptors (Lipinski definition) is 5. The Hall–Kier alpha value is -2.28. The van der Waals surface area contributed by atoms with Gasteiger partial charge in [0.2, 0.25) is 11.8 Å². The molecule has 134 valence electrons. The summed E-state index contributed by atoms with van der Waals surface area (Å²) in [6, 6.07) is 11.0. The summed E-state index contributed by atoms with van der Waals surface area (Å²) in [7, 11) is 0. The average Bonchev–Trinajstić information content (AvgIpc) is 3.12. The molecule has 1 heterocycles. The fourth-order valence-corrected chi connectivity index (χ4v) is 2.71. The number of aromatic nitrogens is 1. The first kappa shape index (κ1) is 19.1. The summed E-state index contributed by atoms with van der Waals surface area (Å²) in [5.74, 6) is 1.01. The van der Waals surface area contributed by atoms with Gasteiger partial charge < -0.3 is 15.2 Å². The van der Waals surface area contributed by atoms with Gasteiger partial charge in [0, 0.05) is 18.1 Å². The van der Waals surface area contributed by atoms with Crippen molar-refractivity contribution in [1.82, 2.24) is 15.8 Å². The number of carbonyl (C=O) groups excluding carboxylic acids is 2. The maximum atomic E-state index is 12.4. The number of rotatable bonds is 9. The fourth-order valence-electron chi connectivity index (χ4n) is 2.24. The number of nitrogens with one attached hydrogen (secondary N) is 2. The van der Waals surface area contributed by atoms with Crippen LogP contribution in [0.3, 0.4) is 0 Å². The van der Waals surface area contributed by atoms with Crippen LogP contribution in [0.1, 0.15) is 25.5 Å². The number of nitrogens with zero attached hydrogens (tertiary/aromatic N) is 1. The van der Waals surface area contributed by atoms with Gasteiger partial charge in [-0.05, 0) is 18.4 Å². The molecule has 0 fully saturated rings. The first-order chi connectivity index (χ1) is 12.1. The van der Waals surface area contributed by atoms with Gasteiger partial charge in [0.15, 0.2) is 5.76 Å². The highest BCUT2D eigenvalue weighted by atomic mass is 32.2. The molecule has 6 nitrogen and oxygen atoms in total. The summed E-state index contributed by atoms with van der Waals surface area (Å²) in [4.78, 5) is 24.0. The van der Waals surface area contributed by atoms with Gasteiger partial charge in [-0.2, -0.15) is 11.8 Å². The Morgan fingerprint density at radius 2 is 2.04 bits per heavy atom. The second-order valence-electron chi connectivity index (χ2n) is 5.52. The lowest BCUT2D eigenvalue weighted by molar-refractivity contribution is -0.129. The topological polar surface area (TPSA) is 84.2 Å². The predicted octanol–water partition coefficient (Wildman–Crippen LogP) is 2.61. The van der Waals surface area contributed by atoms with E-state index in [4.69, 9.17) is 4.52 Å². The van der Waals surface area contributed by atoms with Crippen molar-refractivity contribution in [3.05, 3.63) is 42.2 Å². The van der Waals surface area contributed by atoms with Crippen LogP contribution in [0, 0.1) is 0 Å². The molecule has 25 heavy (non-hydrogen) atoms. The Morgan fingerprint density at radius 3 is 2.72 bits per heavy atom. The number of hydrogen-bond donors (Lipinski definition) is 2. The van der Waals surface area contributed by atoms with Crippen molar-refractivity contribution < 1.29 is 14.1 Å². The summed E-state index contributed by atoms with van der Waals surface area (Å²) < 4.78 is 5.28. The summed E-state index contributed by atoms with van der Waals surface area (Å²) >= 11 is 1.64. The molecule has 1 atom stereocenters. The molecule has 0 bridgehead atoms. The van der Waals surface area contributed by atoms with Gasteiger partial charge in [-0.15, -0.1) is 0 Å². The molecule has 0 aliphatic carbocycles. The fraction of sp³-hybridized carbons (Fsp3) is 0.389. The molecule has 2 N–H and O–H groups in total. The molecule has 1 aromatic heterocycles. The van der Waals surface area contributed by atoms with E-state index in [0.29, 0.717) is 18.6 Å². The van der Waals surface area contributed by atoms with Crippen molar-refractivity contribution in [3.63, 3.8) is 0 Å². The normalized spacial score (nSPS) is 11.8. The molecule has 0 unspecified atom stereocenters. The maximum absolute atomic E-state index is 12.4. The van der Waals surface area contributed by atoms with Crippen LogP contribution in [0.4, 0.5) is 0 Å². The van der Waals surface area contributed by atoms with E-state index in [1.807, 2.05) is 36.6 Å². The summed E-state index contributed by atoms with van der Waals surface area (Å²) in [5, 5.41) is 9.58. The molecule has 0 aliphatic heterocycles. The summed E-state index contributed by atoms with van der Waals surface area (Å²) in [5.41, 5.74) is 1.68. The Kier molecular flexibility index (Phi) is 7.53. The van der Waals surface area contributed by atoms with E-state index in [2.05, 4.69) is 15.8 Å². The molecule has 2 rings (SSSR count). The van der Waals surface area contributed by atoms with Crippen LogP contribution in [-0.2, 0) is 16.1 Å². The van der Waals surface area contributed by atoms with Crippen LogP contribution in [-0.4, -0.2) is 35.0 Å². The SMILES string of the molecule is CCC(=O)N[C@@H](CCSC)C(=O)NCc1cc(-c2ccccc2)no1. The van der Waals surface area contributed by atoms with Gasteiger partial charge in [-0.25, -0.2) is 0 Å². The van der Waals surface area contributed by atoms with Crippen LogP contribution < -0.4 is 10.6 Å². The smallest absolute Gasteiger partial charge is 0.242 e. The van der Waals surface area contributed by atoms with Crippen LogP contribution >= 0.6 is 11.8 Å². The number of benzene rings is 1. The largest absolute Gasteiger partial charge is 0.359 e. The lowest BCUT2D eigenvalue weighted by Crippen LogP contribution is -2.46. The average molecular weight is 361 g/mol. The first-order valence-electron chi connectivity index (χ1n) is 8.21. The van der Waals surface area contributed by atoms with Crippen LogP contribution in [0.15, 0.2) is 40.9 Å². The Labute approximate surface area is 151 Å². The highest BCUT2D eigenvalue weighted by molar-refractivity contribution is 7.98. The molecule has 0 saturated heterocycles. The number of amides is 2. The van der Waals surface area contributed by atoms with Crippen LogP contribution in [0.25, 0.3) is 11.3 Å². The molecule has 0 spiro atoms. The minimum absolute atomic E-state index is 0.132. The van der Waals surface area contributed by atoms with Crippen molar-refractivity contribution in [1.29, 1.82) is 0 Å². The second-order valence-corrected chi connectivity index (χ2v) is 6.50. The van der Waals surface area contributed by atoms with E-state index in [9.17, 15) is 9.59 Å². The standard InChI is InChI=1S/C18H23N3O3S/c1-3-17(22)20-15(9-10-25-2)18(23)19-12-14-11-16(21-24-14)13-7-5-4-6-8-13/h4-8,11,15H,3,9-10,12H2,1-2H3,(H,19,23)(H,20,22)/t15-/m0/s1. The molecular weight excluding hydrogens is 338 g/mol. The van der Waals surface area contributed by atoms with Gasteiger partial charge in [0.05, 0.1) is 6.54 Å². The first-order valence-corrected chi connectivity index (χ1v) is 9.60. The number of carbonyl (C=O) groups is 2. The zero-order valence-corrected chi connectivity index (χ0v) is 15.3. The van der Waals surface area contributed by atoms with E-state index in [1.165, 1.54) is 0 Å². The number of thioether (sulfide) groups is 1. The van der Waals surface area contributed by atoms with E-state index in [0.717, 1.165) is 17.0 Å². The third-order valence-electron chi connectivity index (χ3n) is 3.65. The quantitative estimate of drug-likeness (QED) is 0.717. The van der Waals surface area contributed by atoms with Gasteiger partial charge in [0.25, 0.3) is 0 Å². The van der Waals surface area contributed by atoms with Crippen molar-refractivity contribution in [2.24, 2.45) is 0 Å². The van der Waals surface area contributed by atoms with Gasteiger partial charge in [-0.1, -0.05) is 42.4 Å². The second kappa shape index (κ2) is 9.88. The third kappa shape index (κ3) is 5.94. The predicted molar refractivity (Wildman–Crippen MR) is 99.0 cm³/mol. The minimum atomic E-state index is -0.531. The highest BCUT2D eigenvalue weighted by Gasteiger charge is 2.20. The van der Waals surface area contributed by atoms with E-state index in [-0.39, 0.29) is 18.4 Å². The van der Waals surface area contributed by atoms with Crippen molar-refractivity contribution >= 4 is 23.6 Å². The zero-order valence-electron chi connectivity index (χ0n) is 14.5. The molecule has 1 aromatic carbocycles. The molecule has 2 amide bonds. The van der Waals surface area contributed by atoms with E-state index < -0.39 is 6.04 Å². The zero-order chi connectivity index (χ0) is 18.1. The minimum Gasteiger partial charge on any atom is -0.359 e.